The van der Waals surface area contributed by atoms with E-state index in [2.05, 4.69) is 18.7 Å². The van der Waals surface area contributed by atoms with Crippen LogP contribution in [0.2, 0.25) is 0 Å². The van der Waals surface area contributed by atoms with Gasteiger partial charge in [0.05, 0.1) is 16.6 Å². The van der Waals surface area contributed by atoms with Crippen molar-refractivity contribution < 1.29 is 0 Å². The SMILES string of the molecule is C=CCn1c(SCc2ccc3ccccc3n2)nc2sc(C)c(C)c2c1=O. The van der Waals surface area contributed by atoms with Gasteiger partial charge in [-0.05, 0) is 31.5 Å². The van der Waals surface area contributed by atoms with Gasteiger partial charge < -0.3 is 0 Å². The molecule has 0 amide bonds. The van der Waals surface area contributed by atoms with Gasteiger partial charge >= 0.3 is 0 Å². The highest BCUT2D eigenvalue weighted by Gasteiger charge is 2.16. The van der Waals surface area contributed by atoms with E-state index in [0.717, 1.165) is 37.3 Å². The van der Waals surface area contributed by atoms with Gasteiger partial charge in [0.15, 0.2) is 5.16 Å². The molecular formula is C21H19N3OS2. The van der Waals surface area contributed by atoms with E-state index in [1.165, 1.54) is 0 Å². The van der Waals surface area contributed by atoms with Gasteiger partial charge in [0.1, 0.15) is 4.83 Å². The first-order valence-electron chi connectivity index (χ1n) is 8.67. The predicted octanol–water partition coefficient (Wildman–Crippen LogP) is 5.10. The minimum atomic E-state index is 0.00993. The Balaban J connectivity index is 1.72. The Labute approximate surface area is 165 Å². The number of hydrogen-bond donors (Lipinski definition) is 0. The van der Waals surface area contributed by atoms with E-state index in [1.807, 2.05) is 38.1 Å². The molecule has 3 heterocycles. The summed E-state index contributed by atoms with van der Waals surface area (Å²) in [7, 11) is 0. The van der Waals surface area contributed by atoms with E-state index in [-0.39, 0.29) is 5.56 Å². The Kier molecular flexibility index (Phi) is 4.85. The Morgan fingerprint density at radius 3 is 2.81 bits per heavy atom. The van der Waals surface area contributed by atoms with Gasteiger partial charge in [-0.15, -0.1) is 17.9 Å². The molecule has 0 fully saturated rings. The highest BCUT2D eigenvalue weighted by atomic mass is 32.2. The van der Waals surface area contributed by atoms with Gasteiger partial charge in [0.25, 0.3) is 5.56 Å². The number of nitrogens with zero attached hydrogens (tertiary/aromatic N) is 3. The second-order valence-electron chi connectivity index (χ2n) is 6.35. The topological polar surface area (TPSA) is 47.8 Å². The third kappa shape index (κ3) is 3.31. The van der Waals surface area contributed by atoms with Crippen LogP contribution in [0.25, 0.3) is 21.1 Å². The molecule has 0 saturated carbocycles. The number of aryl methyl sites for hydroxylation is 2. The van der Waals surface area contributed by atoms with Crippen LogP contribution in [0.5, 0.6) is 0 Å². The molecule has 0 radical (unpaired) electrons. The van der Waals surface area contributed by atoms with Crippen molar-refractivity contribution in [2.45, 2.75) is 31.3 Å². The summed E-state index contributed by atoms with van der Waals surface area (Å²) in [6.45, 7) is 8.26. The van der Waals surface area contributed by atoms with Crippen LogP contribution in [0.1, 0.15) is 16.1 Å². The van der Waals surface area contributed by atoms with Crippen LogP contribution in [0.15, 0.2) is 59.0 Å². The highest BCUT2D eigenvalue weighted by Crippen LogP contribution is 2.29. The fourth-order valence-corrected chi connectivity index (χ4v) is 5.02. The molecule has 0 spiro atoms. The molecule has 6 heteroatoms. The number of pyridine rings is 1. The third-order valence-corrected chi connectivity index (χ3v) is 6.68. The lowest BCUT2D eigenvalue weighted by Gasteiger charge is -2.10. The van der Waals surface area contributed by atoms with E-state index in [4.69, 9.17) is 9.97 Å². The Morgan fingerprint density at radius 2 is 2.00 bits per heavy atom. The quantitative estimate of drug-likeness (QED) is 0.269. The summed E-state index contributed by atoms with van der Waals surface area (Å²) in [5.74, 6) is 0.656. The summed E-state index contributed by atoms with van der Waals surface area (Å²) in [4.78, 5) is 24.5. The number of aromatic nitrogens is 3. The molecule has 0 N–H and O–H groups in total. The van der Waals surface area contributed by atoms with E-state index < -0.39 is 0 Å². The van der Waals surface area contributed by atoms with Crippen molar-refractivity contribution in [1.82, 2.24) is 14.5 Å². The van der Waals surface area contributed by atoms with E-state index in [1.54, 1.807) is 33.7 Å². The molecule has 3 aromatic heterocycles. The second-order valence-corrected chi connectivity index (χ2v) is 8.49. The fraction of sp³-hybridized carbons (Fsp3) is 0.190. The molecule has 136 valence electrons. The molecule has 0 aliphatic rings. The first-order chi connectivity index (χ1) is 13.1. The number of rotatable bonds is 5. The summed E-state index contributed by atoms with van der Waals surface area (Å²) in [5, 5.41) is 2.56. The minimum Gasteiger partial charge on any atom is -0.283 e. The standard InChI is InChI=1S/C21H19N3OS2/c1-4-11-24-20(25)18-13(2)14(3)27-19(18)23-21(24)26-12-16-10-9-15-7-5-6-8-17(15)22-16/h4-10H,1,11-12H2,2-3H3. The first kappa shape index (κ1) is 17.9. The van der Waals surface area contributed by atoms with Gasteiger partial charge in [-0.1, -0.05) is 42.1 Å². The van der Waals surface area contributed by atoms with Crippen molar-refractivity contribution in [1.29, 1.82) is 0 Å². The number of hydrogen-bond acceptors (Lipinski definition) is 5. The van der Waals surface area contributed by atoms with Crippen molar-refractivity contribution in [3.8, 4) is 0 Å². The lowest BCUT2D eigenvalue weighted by atomic mass is 10.2. The number of para-hydroxylation sites is 1. The largest absolute Gasteiger partial charge is 0.283 e. The predicted molar refractivity (Wildman–Crippen MR) is 115 cm³/mol. The number of allylic oxidation sites excluding steroid dienone is 1. The molecule has 0 aliphatic carbocycles. The van der Waals surface area contributed by atoms with Gasteiger partial charge in [0, 0.05) is 22.6 Å². The average Bonchev–Trinajstić information content (AvgIpc) is 2.96. The second kappa shape index (κ2) is 7.29. The van der Waals surface area contributed by atoms with Crippen LogP contribution < -0.4 is 5.56 Å². The van der Waals surface area contributed by atoms with Gasteiger partial charge in [-0.25, -0.2) is 4.98 Å². The maximum Gasteiger partial charge on any atom is 0.263 e. The fourth-order valence-electron chi connectivity index (χ4n) is 3.04. The summed E-state index contributed by atoms with van der Waals surface area (Å²) >= 11 is 3.12. The summed E-state index contributed by atoms with van der Waals surface area (Å²) < 4.78 is 1.71. The molecule has 0 aliphatic heterocycles. The smallest absolute Gasteiger partial charge is 0.263 e. The number of fused-ring (bicyclic) bond motifs is 2. The number of thiophene rings is 1. The number of thioether (sulfide) groups is 1. The van der Waals surface area contributed by atoms with Crippen LogP contribution in [0.3, 0.4) is 0 Å². The Morgan fingerprint density at radius 1 is 1.19 bits per heavy atom. The maximum atomic E-state index is 13.0. The molecule has 1 aromatic carbocycles. The van der Waals surface area contributed by atoms with Crippen LogP contribution in [-0.2, 0) is 12.3 Å². The minimum absolute atomic E-state index is 0.00993. The van der Waals surface area contributed by atoms with Crippen LogP contribution in [-0.4, -0.2) is 14.5 Å². The van der Waals surface area contributed by atoms with Crippen molar-refractivity contribution in [3.05, 3.63) is 75.5 Å². The molecule has 4 aromatic rings. The first-order valence-corrected chi connectivity index (χ1v) is 10.5. The molecule has 4 rings (SSSR count). The summed E-state index contributed by atoms with van der Waals surface area (Å²) in [6, 6.07) is 12.2. The summed E-state index contributed by atoms with van der Waals surface area (Å²) in [6.07, 6.45) is 1.74. The normalized spacial score (nSPS) is 11.3. The molecular weight excluding hydrogens is 374 g/mol. The van der Waals surface area contributed by atoms with Crippen molar-refractivity contribution in [2.24, 2.45) is 0 Å². The Hall–Kier alpha value is -2.44. The highest BCUT2D eigenvalue weighted by molar-refractivity contribution is 7.98. The van der Waals surface area contributed by atoms with Crippen LogP contribution >= 0.6 is 23.1 Å². The van der Waals surface area contributed by atoms with Crippen molar-refractivity contribution in [2.75, 3.05) is 0 Å². The van der Waals surface area contributed by atoms with Crippen LogP contribution in [0.4, 0.5) is 0 Å². The molecule has 27 heavy (non-hydrogen) atoms. The van der Waals surface area contributed by atoms with E-state index in [9.17, 15) is 4.79 Å². The van der Waals surface area contributed by atoms with Crippen LogP contribution in [0, 0.1) is 13.8 Å². The zero-order valence-corrected chi connectivity index (χ0v) is 16.9. The zero-order chi connectivity index (χ0) is 19.0. The van der Waals surface area contributed by atoms with Gasteiger partial charge in [-0.2, -0.15) is 0 Å². The van der Waals surface area contributed by atoms with E-state index >= 15 is 0 Å². The van der Waals surface area contributed by atoms with Crippen molar-refractivity contribution >= 4 is 44.2 Å². The monoisotopic (exact) mass is 393 g/mol. The molecule has 0 bridgehead atoms. The number of benzene rings is 1. The molecule has 4 nitrogen and oxygen atoms in total. The average molecular weight is 394 g/mol. The van der Waals surface area contributed by atoms with Crippen molar-refractivity contribution in [3.63, 3.8) is 0 Å². The lowest BCUT2D eigenvalue weighted by Crippen LogP contribution is -2.22. The third-order valence-electron chi connectivity index (χ3n) is 4.57. The lowest BCUT2D eigenvalue weighted by molar-refractivity contribution is 0.672. The molecule has 0 saturated heterocycles. The Bertz CT molecular complexity index is 1220. The van der Waals surface area contributed by atoms with Gasteiger partial charge in [-0.3, -0.25) is 14.3 Å². The van der Waals surface area contributed by atoms with Gasteiger partial charge in [0.2, 0.25) is 0 Å². The molecule has 0 unspecified atom stereocenters. The zero-order valence-electron chi connectivity index (χ0n) is 15.2. The maximum absolute atomic E-state index is 13.0. The molecule has 0 atom stereocenters. The summed E-state index contributed by atoms with van der Waals surface area (Å²) in [5.41, 5.74) is 2.98. The van der Waals surface area contributed by atoms with E-state index in [0.29, 0.717) is 17.5 Å².